The third-order valence-corrected chi connectivity index (χ3v) is 5.50. The summed E-state index contributed by atoms with van der Waals surface area (Å²) in [7, 11) is 4.79. The van der Waals surface area contributed by atoms with E-state index in [9.17, 15) is 0 Å². The molecule has 4 rings (SSSR count). The van der Waals surface area contributed by atoms with Crippen molar-refractivity contribution in [2.24, 2.45) is 0 Å². The third-order valence-electron chi connectivity index (χ3n) is 4.76. The summed E-state index contributed by atoms with van der Waals surface area (Å²) < 4.78 is 1.21. The van der Waals surface area contributed by atoms with Crippen LogP contribution in [0.15, 0.2) is 29.2 Å². The van der Waals surface area contributed by atoms with Gasteiger partial charge >= 0.3 is 0 Å². The van der Waals surface area contributed by atoms with Gasteiger partial charge in [-0.1, -0.05) is 0 Å². The molecule has 3 aliphatic heterocycles. The lowest BCUT2D eigenvalue weighted by atomic mass is 9.88. The third kappa shape index (κ3) is 2.04. The zero-order valence-electron chi connectivity index (χ0n) is 11.6. The maximum Gasteiger partial charge on any atom is 0.106 e. The van der Waals surface area contributed by atoms with E-state index in [-0.39, 0.29) is 0 Å². The number of thioether (sulfide) groups is 1. The number of nitrogens with zero attached hydrogens (tertiary/aromatic N) is 2. The van der Waals surface area contributed by atoms with Crippen molar-refractivity contribution in [3.05, 3.63) is 24.3 Å². The molecule has 1 aromatic rings. The van der Waals surface area contributed by atoms with E-state index in [0.717, 1.165) is 12.1 Å². The number of likely N-dealkylation sites (N-methyl/N-ethyl adjacent to an activating group) is 1. The fourth-order valence-electron chi connectivity index (χ4n) is 3.55. The predicted octanol–water partition coefficient (Wildman–Crippen LogP) is 2.84. The zero-order valence-corrected chi connectivity index (χ0v) is 12.4. The first-order valence-electron chi connectivity index (χ1n) is 6.83. The molecule has 2 bridgehead atoms. The standard InChI is InChI=1S/C15H23N2S/c1-17(2)11-13-4-7-14(17)10-16(13)12-5-8-15(18-3)9-6-12/h5-6,8-9,13-14H,4,7,10-11H2,1-3H3/q+1. The minimum atomic E-state index is 0.741. The quantitative estimate of drug-likeness (QED) is 0.596. The first kappa shape index (κ1) is 12.4. The van der Waals surface area contributed by atoms with Crippen molar-refractivity contribution in [3.63, 3.8) is 0 Å². The summed E-state index contributed by atoms with van der Waals surface area (Å²) >= 11 is 1.82. The Morgan fingerprint density at radius 1 is 1.17 bits per heavy atom. The minimum Gasteiger partial charge on any atom is -0.357 e. The average Bonchev–Trinajstić information content (AvgIpc) is 2.38. The molecule has 3 fully saturated rings. The summed E-state index contributed by atoms with van der Waals surface area (Å²) in [4.78, 5) is 4.00. The zero-order chi connectivity index (χ0) is 12.8. The van der Waals surface area contributed by atoms with Crippen molar-refractivity contribution in [1.82, 2.24) is 0 Å². The van der Waals surface area contributed by atoms with E-state index in [2.05, 4.69) is 49.5 Å². The smallest absolute Gasteiger partial charge is 0.106 e. The van der Waals surface area contributed by atoms with Gasteiger partial charge in [0.25, 0.3) is 0 Å². The van der Waals surface area contributed by atoms with Gasteiger partial charge in [-0.15, -0.1) is 11.8 Å². The van der Waals surface area contributed by atoms with Crippen LogP contribution in [-0.4, -0.2) is 50.0 Å². The van der Waals surface area contributed by atoms with Gasteiger partial charge in [0.2, 0.25) is 0 Å². The number of benzene rings is 1. The molecule has 0 saturated carbocycles. The van der Waals surface area contributed by atoms with Crippen molar-refractivity contribution in [2.75, 3.05) is 38.3 Å². The number of piperazine rings is 1. The molecule has 3 aliphatic rings. The minimum absolute atomic E-state index is 0.741. The Labute approximate surface area is 115 Å². The van der Waals surface area contributed by atoms with Gasteiger partial charge in [0.1, 0.15) is 6.04 Å². The van der Waals surface area contributed by atoms with Crippen molar-refractivity contribution < 1.29 is 4.48 Å². The molecule has 0 aromatic heterocycles. The van der Waals surface area contributed by atoms with Crippen LogP contribution in [0.3, 0.4) is 0 Å². The van der Waals surface area contributed by atoms with Crippen molar-refractivity contribution in [2.45, 2.75) is 29.8 Å². The Morgan fingerprint density at radius 3 is 2.39 bits per heavy atom. The van der Waals surface area contributed by atoms with E-state index < -0.39 is 0 Å². The monoisotopic (exact) mass is 263 g/mol. The van der Waals surface area contributed by atoms with Crippen molar-refractivity contribution >= 4 is 17.4 Å². The van der Waals surface area contributed by atoms with E-state index in [1.54, 1.807) is 0 Å². The molecule has 2 unspecified atom stereocenters. The number of hydrogen-bond donors (Lipinski definition) is 0. The molecule has 98 valence electrons. The van der Waals surface area contributed by atoms with Crippen molar-refractivity contribution in [1.29, 1.82) is 0 Å². The van der Waals surface area contributed by atoms with Crippen LogP contribution in [0.2, 0.25) is 0 Å². The van der Waals surface area contributed by atoms with Gasteiger partial charge in [0.05, 0.1) is 33.2 Å². The SMILES string of the molecule is CSc1ccc(N2CC3CCC2C[N+]3(C)C)cc1. The Balaban J connectivity index is 1.82. The molecule has 0 radical (unpaired) electrons. The molecule has 18 heavy (non-hydrogen) atoms. The van der Waals surface area contributed by atoms with Crippen LogP contribution in [0, 0.1) is 0 Å². The highest BCUT2D eigenvalue weighted by atomic mass is 32.2. The normalized spacial score (nSPS) is 29.6. The van der Waals surface area contributed by atoms with Crippen molar-refractivity contribution in [3.8, 4) is 0 Å². The Kier molecular flexibility index (Phi) is 3.07. The van der Waals surface area contributed by atoms with E-state index in [1.807, 2.05) is 11.8 Å². The first-order valence-corrected chi connectivity index (χ1v) is 8.06. The topological polar surface area (TPSA) is 3.24 Å². The van der Waals surface area contributed by atoms with E-state index in [4.69, 9.17) is 0 Å². The summed E-state index contributed by atoms with van der Waals surface area (Å²) in [5.74, 6) is 0. The molecule has 3 saturated heterocycles. The molecule has 3 heteroatoms. The number of quaternary nitrogens is 1. The summed E-state index contributed by atoms with van der Waals surface area (Å²) in [6.07, 6.45) is 4.91. The van der Waals surface area contributed by atoms with Gasteiger partial charge in [0, 0.05) is 17.0 Å². The van der Waals surface area contributed by atoms with E-state index in [1.165, 1.54) is 41.0 Å². The second-order valence-corrected chi connectivity index (χ2v) is 7.08. The van der Waals surface area contributed by atoms with E-state index >= 15 is 0 Å². The number of anilines is 1. The highest BCUT2D eigenvalue weighted by molar-refractivity contribution is 7.98. The van der Waals surface area contributed by atoms with Crippen LogP contribution in [0.1, 0.15) is 12.8 Å². The molecular weight excluding hydrogens is 240 g/mol. The summed E-state index contributed by atoms with van der Waals surface area (Å²) in [6.45, 7) is 2.53. The Hall–Kier alpha value is -0.670. The van der Waals surface area contributed by atoms with Gasteiger partial charge < -0.3 is 9.38 Å². The average molecular weight is 263 g/mol. The van der Waals surface area contributed by atoms with Crippen LogP contribution in [0.5, 0.6) is 0 Å². The molecule has 1 aromatic carbocycles. The van der Waals surface area contributed by atoms with E-state index in [0.29, 0.717) is 0 Å². The predicted molar refractivity (Wildman–Crippen MR) is 79.4 cm³/mol. The lowest BCUT2D eigenvalue weighted by molar-refractivity contribution is -0.923. The summed E-state index contributed by atoms with van der Waals surface area (Å²) in [5.41, 5.74) is 1.42. The number of piperidine rings is 2. The molecule has 0 amide bonds. The fraction of sp³-hybridized carbons (Fsp3) is 0.600. The maximum absolute atomic E-state index is 2.64. The van der Waals surface area contributed by atoms with Crippen LogP contribution >= 0.6 is 11.8 Å². The Bertz CT molecular complexity index is 427. The highest BCUT2D eigenvalue weighted by Crippen LogP contribution is 2.35. The van der Waals surface area contributed by atoms with Gasteiger partial charge in [-0.2, -0.15) is 0 Å². The summed E-state index contributed by atoms with van der Waals surface area (Å²) in [6, 6.07) is 10.7. The summed E-state index contributed by atoms with van der Waals surface area (Å²) in [5, 5.41) is 0. The first-order chi connectivity index (χ1) is 8.60. The highest BCUT2D eigenvalue weighted by Gasteiger charge is 2.45. The lowest BCUT2D eigenvalue weighted by Crippen LogP contribution is -2.69. The Morgan fingerprint density at radius 2 is 1.89 bits per heavy atom. The lowest BCUT2D eigenvalue weighted by Gasteiger charge is -2.55. The molecule has 0 aliphatic carbocycles. The molecule has 2 atom stereocenters. The van der Waals surface area contributed by atoms with Crippen LogP contribution in [0.4, 0.5) is 5.69 Å². The molecule has 0 N–H and O–H groups in total. The number of fused-ring (bicyclic) bond motifs is 3. The van der Waals surface area contributed by atoms with Crippen LogP contribution in [-0.2, 0) is 0 Å². The van der Waals surface area contributed by atoms with Gasteiger partial charge in [-0.3, -0.25) is 0 Å². The van der Waals surface area contributed by atoms with Gasteiger partial charge in [0.15, 0.2) is 0 Å². The fourth-order valence-corrected chi connectivity index (χ4v) is 3.96. The molecule has 2 nitrogen and oxygen atoms in total. The largest absolute Gasteiger partial charge is 0.357 e. The maximum atomic E-state index is 2.64. The second-order valence-electron chi connectivity index (χ2n) is 6.20. The van der Waals surface area contributed by atoms with Crippen LogP contribution in [0.25, 0.3) is 0 Å². The second kappa shape index (κ2) is 4.46. The van der Waals surface area contributed by atoms with Gasteiger partial charge in [-0.25, -0.2) is 0 Å². The number of rotatable bonds is 2. The molecule has 3 heterocycles. The van der Waals surface area contributed by atoms with Crippen LogP contribution < -0.4 is 4.90 Å². The number of hydrogen-bond acceptors (Lipinski definition) is 2. The molecule has 0 spiro atoms. The van der Waals surface area contributed by atoms with Gasteiger partial charge in [-0.05, 0) is 36.9 Å². The molecular formula is C15H23N2S+.